The number of fused-ring (bicyclic) bond motifs is 1. The van der Waals surface area contributed by atoms with Crippen LogP contribution < -0.4 is 15.2 Å². The maximum Gasteiger partial charge on any atom is 0.128 e. The van der Waals surface area contributed by atoms with Gasteiger partial charge in [0.2, 0.25) is 0 Å². The van der Waals surface area contributed by atoms with Crippen LogP contribution in [-0.2, 0) is 0 Å². The first-order valence-corrected chi connectivity index (χ1v) is 7.80. The third-order valence-corrected chi connectivity index (χ3v) is 4.89. The van der Waals surface area contributed by atoms with Crippen molar-refractivity contribution in [3.8, 4) is 11.5 Å². The summed E-state index contributed by atoms with van der Waals surface area (Å²) in [4.78, 5) is 0. The Hall–Kier alpha value is -1.23. The van der Waals surface area contributed by atoms with Crippen molar-refractivity contribution >= 4 is 27.5 Å². The van der Waals surface area contributed by atoms with Gasteiger partial charge in [0.15, 0.2) is 0 Å². The van der Waals surface area contributed by atoms with Gasteiger partial charge < -0.3 is 15.2 Å². The summed E-state index contributed by atoms with van der Waals surface area (Å²) in [5, 5.41) is 0.681. The largest absolute Gasteiger partial charge is 0.497 e. The minimum Gasteiger partial charge on any atom is -0.497 e. The van der Waals surface area contributed by atoms with Crippen molar-refractivity contribution < 1.29 is 9.47 Å². The van der Waals surface area contributed by atoms with Crippen LogP contribution in [0, 0.1) is 0 Å². The van der Waals surface area contributed by atoms with Crippen LogP contribution in [0.3, 0.4) is 0 Å². The lowest BCUT2D eigenvalue weighted by Crippen LogP contribution is -2.24. The number of benzene rings is 2. The van der Waals surface area contributed by atoms with E-state index in [2.05, 4.69) is 15.9 Å². The van der Waals surface area contributed by atoms with Crippen molar-refractivity contribution in [1.29, 1.82) is 0 Å². The molecule has 1 aliphatic heterocycles. The van der Waals surface area contributed by atoms with Gasteiger partial charge in [0, 0.05) is 28.6 Å². The van der Waals surface area contributed by atoms with Crippen LogP contribution in [0.1, 0.15) is 29.7 Å². The third-order valence-electron chi connectivity index (χ3n) is 3.67. The van der Waals surface area contributed by atoms with E-state index in [4.69, 9.17) is 26.8 Å². The highest BCUT2D eigenvalue weighted by molar-refractivity contribution is 9.10. The van der Waals surface area contributed by atoms with Gasteiger partial charge in [-0.05, 0) is 39.7 Å². The second kappa shape index (κ2) is 5.87. The van der Waals surface area contributed by atoms with Gasteiger partial charge in [-0.15, -0.1) is 0 Å². The molecule has 0 spiro atoms. The molecule has 2 unspecified atom stereocenters. The SMILES string of the molecule is COc1ccc2c(c1)OC(c1ccc(Cl)c(Br)c1)CC2N. The van der Waals surface area contributed by atoms with Crippen LogP contribution >= 0.6 is 27.5 Å². The molecule has 0 radical (unpaired) electrons. The zero-order chi connectivity index (χ0) is 15.0. The number of hydrogen-bond donors (Lipinski definition) is 1. The molecule has 0 saturated heterocycles. The fourth-order valence-electron chi connectivity index (χ4n) is 2.53. The number of rotatable bonds is 2. The van der Waals surface area contributed by atoms with E-state index in [1.54, 1.807) is 7.11 Å². The molecule has 0 bridgehead atoms. The maximum absolute atomic E-state index is 6.27. The van der Waals surface area contributed by atoms with Gasteiger partial charge in [-0.25, -0.2) is 0 Å². The van der Waals surface area contributed by atoms with E-state index >= 15 is 0 Å². The van der Waals surface area contributed by atoms with Crippen LogP contribution in [0.4, 0.5) is 0 Å². The lowest BCUT2D eigenvalue weighted by atomic mass is 9.93. The van der Waals surface area contributed by atoms with Gasteiger partial charge in [0.05, 0.1) is 12.1 Å². The molecule has 1 aliphatic rings. The number of ether oxygens (including phenoxy) is 2. The summed E-state index contributed by atoms with van der Waals surface area (Å²) in [6.45, 7) is 0. The van der Waals surface area contributed by atoms with Crippen LogP contribution in [0.25, 0.3) is 0 Å². The molecular weight excluding hydrogens is 354 g/mol. The second-order valence-corrected chi connectivity index (χ2v) is 6.29. The summed E-state index contributed by atoms with van der Waals surface area (Å²) in [5.74, 6) is 1.54. The molecule has 2 N–H and O–H groups in total. The average molecular weight is 369 g/mol. The van der Waals surface area contributed by atoms with E-state index in [0.717, 1.165) is 33.5 Å². The summed E-state index contributed by atoms with van der Waals surface area (Å²) < 4.78 is 12.2. The Morgan fingerprint density at radius 2 is 2.10 bits per heavy atom. The Morgan fingerprint density at radius 1 is 1.29 bits per heavy atom. The summed E-state index contributed by atoms with van der Waals surface area (Å²) >= 11 is 9.48. The van der Waals surface area contributed by atoms with Gasteiger partial charge >= 0.3 is 0 Å². The Kier molecular flexibility index (Phi) is 4.11. The second-order valence-electron chi connectivity index (χ2n) is 5.03. The first-order chi connectivity index (χ1) is 10.1. The van der Waals surface area contributed by atoms with Crippen molar-refractivity contribution in [1.82, 2.24) is 0 Å². The third kappa shape index (κ3) is 2.89. The molecule has 5 heteroatoms. The Labute approximate surface area is 137 Å². The molecule has 110 valence electrons. The van der Waals surface area contributed by atoms with E-state index in [9.17, 15) is 0 Å². The summed E-state index contributed by atoms with van der Waals surface area (Å²) in [6.07, 6.45) is 0.640. The smallest absolute Gasteiger partial charge is 0.128 e. The predicted molar refractivity (Wildman–Crippen MR) is 87.1 cm³/mol. The molecule has 2 atom stereocenters. The quantitative estimate of drug-likeness (QED) is 0.840. The highest BCUT2D eigenvalue weighted by Gasteiger charge is 2.27. The number of methoxy groups -OCH3 is 1. The highest BCUT2D eigenvalue weighted by Crippen LogP contribution is 2.42. The fraction of sp³-hybridized carbons (Fsp3) is 0.250. The standard InChI is InChI=1S/C16H15BrClNO2/c1-20-10-3-4-11-14(19)8-15(21-16(11)7-10)9-2-5-13(18)12(17)6-9/h2-7,14-15H,8,19H2,1H3. The Bertz CT molecular complexity index is 677. The monoisotopic (exact) mass is 367 g/mol. The maximum atomic E-state index is 6.27. The first-order valence-electron chi connectivity index (χ1n) is 6.63. The van der Waals surface area contributed by atoms with Gasteiger partial charge in [0.1, 0.15) is 17.6 Å². The van der Waals surface area contributed by atoms with Gasteiger partial charge in [-0.2, -0.15) is 0 Å². The zero-order valence-corrected chi connectivity index (χ0v) is 13.8. The fourth-order valence-corrected chi connectivity index (χ4v) is 3.04. The van der Waals surface area contributed by atoms with Crippen LogP contribution in [0.5, 0.6) is 11.5 Å². The minimum absolute atomic E-state index is 0.0564. The molecule has 0 amide bonds. The molecule has 0 saturated carbocycles. The molecule has 0 aromatic heterocycles. The molecule has 3 rings (SSSR count). The number of nitrogens with two attached hydrogens (primary N) is 1. The van der Waals surface area contributed by atoms with E-state index in [0.29, 0.717) is 5.02 Å². The lowest BCUT2D eigenvalue weighted by Gasteiger charge is -2.31. The molecule has 21 heavy (non-hydrogen) atoms. The average Bonchev–Trinajstić information content (AvgIpc) is 2.49. The van der Waals surface area contributed by atoms with Gasteiger partial charge in [-0.1, -0.05) is 23.7 Å². The van der Waals surface area contributed by atoms with Crippen LogP contribution in [0.15, 0.2) is 40.9 Å². The predicted octanol–water partition coefficient (Wildman–Crippen LogP) is 4.63. The van der Waals surface area contributed by atoms with E-state index < -0.39 is 0 Å². The van der Waals surface area contributed by atoms with Crippen molar-refractivity contribution in [3.63, 3.8) is 0 Å². The zero-order valence-electron chi connectivity index (χ0n) is 11.5. The first kappa shape index (κ1) is 14.7. The molecule has 2 aromatic rings. The summed E-state index contributed by atoms with van der Waals surface area (Å²) in [5.41, 5.74) is 8.34. The summed E-state index contributed by atoms with van der Waals surface area (Å²) in [6, 6.07) is 11.5. The molecule has 1 heterocycles. The van der Waals surface area contributed by atoms with Crippen LogP contribution in [0.2, 0.25) is 5.02 Å². The van der Waals surface area contributed by atoms with Crippen molar-refractivity contribution in [2.24, 2.45) is 5.73 Å². The Balaban J connectivity index is 1.94. The van der Waals surface area contributed by atoms with E-state index in [-0.39, 0.29) is 12.1 Å². The van der Waals surface area contributed by atoms with E-state index in [1.165, 1.54) is 0 Å². The van der Waals surface area contributed by atoms with Gasteiger partial charge in [0.25, 0.3) is 0 Å². The van der Waals surface area contributed by atoms with Gasteiger partial charge in [-0.3, -0.25) is 0 Å². The number of hydrogen-bond acceptors (Lipinski definition) is 3. The topological polar surface area (TPSA) is 44.5 Å². The minimum atomic E-state index is -0.0897. The lowest BCUT2D eigenvalue weighted by molar-refractivity contribution is 0.161. The van der Waals surface area contributed by atoms with Crippen molar-refractivity contribution in [2.75, 3.05) is 7.11 Å². The highest BCUT2D eigenvalue weighted by atomic mass is 79.9. The van der Waals surface area contributed by atoms with E-state index in [1.807, 2.05) is 36.4 Å². The summed E-state index contributed by atoms with van der Waals surface area (Å²) in [7, 11) is 1.64. The normalized spacial score (nSPS) is 20.6. The Morgan fingerprint density at radius 3 is 2.81 bits per heavy atom. The molecule has 0 fully saturated rings. The molecule has 0 aliphatic carbocycles. The van der Waals surface area contributed by atoms with Crippen LogP contribution in [-0.4, -0.2) is 7.11 Å². The molecule has 2 aromatic carbocycles. The van der Waals surface area contributed by atoms with Crippen molar-refractivity contribution in [2.45, 2.75) is 18.6 Å². The molecule has 3 nitrogen and oxygen atoms in total. The number of halogens is 2. The van der Waals surface area contributed by atoms with Crippen molar-refractivity contribution in [3.05, 3.63) is 57.0 Å². The molecular formula is C16H15BrClNO2.